The maximum absolute atomic E-state index is 13.4. The molecule has 3 rings (SSSR count). The first-order chi connectivity index (χ1) is 8.24. The molecule has 1 saturated carbocycles. The lowest BCUT2D eigenvalue weighted by Gasteiger charge is -2.23. The molecule has 1 heterocycles. The molecule has 0 unspecified atom stereocenters. The van der Waals surface area contributed by atoms with Gasteiger partial charge in [-0.1, -0.05) is 18.6 Å². The van der Waals surface area contributed by atoms with Crippen molar-refractivity contribution >= 4 is 16.8 Å². The number of halogens is 1. The highest BCUT2D eigenvalue weighted by atomic mass is 19.1. The molecular weight excluding hydrogens is 219 g/mol. The molecule has 1 fully saturated rings. The topological polar surface area (TPSA) is 30.2 Å². The Hall–Kier alpha value is -1.64. The van der Waals surface area contributed by atoms with E-state index in [1.807, 2.05) is 0 Å². The molecule has 2 nitrogen and oxygen atoms in total. The van der Waals surface area contributed by atoms with Crippen molar-refractivity contribution in [2.24, 2.45) is 5.92 Å². The van der Waals surface area contributed by atoms with Crippen molar-refractivity contribution in [3.05, 3.63) is 35.8 Å². The highest BCUT2D eigenvalue weighted by Crippen LogP contribution is 2.31. The van der Waals surface area contributed by atoms with Gasteiger partial charge in [0, 0.05) is 11.8 Å². The Labute approximate surface area is 98.4 Å². The fraction of sp³-hybridized carbons (Fsp3) is 0.357. The number of fused-ring (bicyclic) bond motifs is 1. The van der Waals surface area contributed by atoms with Crippen molar-refractivity contribution < 1.29 is 13.6 Å². The molecule has 0 spiro atoms. The molecule has 0 radical (unpaired) electrons. The van der Waals surface area contributed by atoms with E-state index in [-0.39, 0.29) is 17.1 Å². The van der Waals surface area contributed by atoms with E-state index in [0.29, 0.717) is 17.7 Å². The normalized spacial score (nSPS) is 16.1. The number of furan rings is 1. The Balaban J connectivity index is 1.89. The molecule has 1 aliphatic carbocycles. The number of rotatable bonds is 3. The second kappa shape index (κ2) is 3.99. The van der Waals surface area contributed by atoms with Crippen LogP contribution >= 0.6 is 0 Å². The van der Waals surface area contributed by atoms with E-state index < -0.39 is 5.82 Å². The lowest BCUT2D eigenvalue weighted by Crippen LogP contribution is -2.15. The van der Waals surface area contributed by atoms with Crippen molar-refractivity contribution in [1.29, 1.82) is 0 Å². The summed E-state index contributed by atoms with van der Waals surface area (Å²) in [6.07, 6.45) is 3.99. The molecule has 1 aromatic heterocycles. The number of Topliss-reactive ketones (excluding diaryl/α,β-unsaturated/α-hetero) is 1. The summed E-state index contributed by atoms with van der Waals surface area (Å²) >= 11 is 0. The maximum Gasteiger partial charge on any atom is 0.198 e. The molecule has 0 amide bonds. The maximum atomic E-state index is 13.4. The summed E-state index contributed by atoms with van der Waals surface area (Å²) in [7, 11) is 0. The molecular formula is C14H13FO2. The third kappa shape index (κ3) is 1.86. The lowest BCUT2D eigenvalue weighted by molar-refractivity contribution is 0.0911. The largest absolute Gasteiger partial charge is 0.450 e. The fourth-order valence-corrected chi connectivity index (χ4v) is 2.22. The second-order valence-electron chi connectivity index (χ2n) is 4.69. The molecule has 88 valence electrons. The van der Waals surface area contributed by atoms with Gasteiger partial charge in [-0.05, 0) is 30.9 Å². The van der Waals surface area contributed by atoms with Crippen LogP contribution in [0.4, 0.5) is 4.39 Å². The number of para-hydroxylation sites is 1. The molecule has 1 aromatic carbocycles. The summed E-state index contributed by atoms with van der Waals surface area (Å²) in [5, 5.41) is 0.655. The summed E-state index contributed by atoms with van der Waals surface area (Å²) < 4.78 is 18.7. The third-order valence-corrected chi connectivity index (χ3v) is 3.47. The van der Waals surface area contributed by atoms with E-state index in [1.165, 1.54) is 12.5 Å². The molecule has 1 aliphatic rings. The van der Waals surface area contributed by atoms with Gasteiger partial charge in [-0.2, -0.15) is 0 Å². The second-order valence-corrected chi connectivity index (χ2v) is 4.69. The minimum Gasteiger partial charge on any atom is -0.450 e. The van der Waals surface area contributed by atoms with Gasteiger partial charge in [-0.15, -0.1) is 0 Å². The van der Waals surface area contributed by atoms with Crippen LogP contribution in [-0.2, 0) is 0 Å². The first-order valence-electron chi connectivity index (χ1n) is 5.95. The van der Waals surface area contributed by atoms with Crippen molar-refractivity contribution in [3.63, 3.8) is 0 Å². The SMILES string of the molecule is O=C(CC1CCC1)c1cc2cccc(F)c2o1. The van der Waals surface area contributed by atoms with Crippen LogP contribution in [0.3, 0.4) is 0 Å². The third-order valence-electron chi connectivity index (χ3n) is 3.47. The number of hydrogen-bond donors (Lipinski definition) is 0. The number of benzene rings is 1. The monoisotopic (exact) mass is 232 g/mol. The number of carbonyl (C=O) groups is 1. The molecule has 0 bridgehead atoms. The van der Waals surface area contributed by atoms with Gasteiger partial charge in [0.25, 0.3) is 0 Å². The number of ketones is 1. The summed E-state index contributed by atoms with van der Waals surface area (Å²) in [6.45, 7) is 0. The minimum atomic E-state index is -0.412. The summed E-state index contributed by atoms with van der Waals surface area (Å²) in [5.41, 5.74) is 0.185. The van der Waals surface area contributed by atoms with Crippen LogP contribution in [0.5, 0.6) is 0 Å². The van der Waals surface area contributed by atoms with E-state index >= 15 is 0 Å². The smallest absolute Gasteiger partial charge is 0.198 e. The van der Waals surface area contributed by atoms with Crippen molar-refractivity contribution in [2.45, 2.75) is 25.7 Å². The van der Waals surface area contributed by atoms with Crippen molar-refractivity contribution in [1.82, 2.24) is 0 Å². The zero-order valence-corrected chi connectivity index (χ0v) is 9.41. The Morgan fingerprint density at radius 3 is 2.88 bits per heavy atom. The first-order valence-corrected chi connectivity index (χ1v) is 5.95. The van der Waals surface area contributed by atoms with Crippen LogP contribution in [0.2, 0.25) is 0 Å². The van der Waals surface area contributed by atoms with Crippen LogP contribution in [0.15, 0.2) is 28.7 Å². The van der Waals surface area contributed by atoms with Crippen LogP contribution < -0.4 is 0 Å². The fourth-order valence-electron chi connectivity index (χ4n) is 2.22. The summed E-state index contributed by atoms with van der Waals surface area (Å²) in [4.78, 5) is 11.9. The molecule has 0 N–H and O–H groups in total. The predicted octanol–water partition coefficient (Wildman–Crippen LogP) is 3.94. The zero-order valence-electron chi connectivity index (χ0n) is 9.41. The quantitative estimate of drug-likeness (QED) is 0.750. The van der Waals surface area contributed by atoms with Crippen molar-refractivity contribution in [2.75, 3.05) is 0 Å². The van der Waals surface area contributed by atoms with Gasteiger partial charge < -0.3 is 4.42 Å². The Morgan fingerprint density at radius 2 is 2.24 bits per heavy atom. The van der Waals surface area contributed by atoms with Gasteiger partial charge in [-0.3, -0.25) is 4.79 Å². The van der Waals surface area contributed by atoms with E-state index in [4.69, 9.17) is 4.42 Å². The Bertz CT molecular complexity index is 567. The molecule has 0 atom stereocenters. The average molecular weight is 232 g/mol. The van der Waals surface area contributed by atoms with E-state index in [0.717, 1.165) is 12.8 Å². The summed E-state index contributed by atoms with van der Waals surface area (Å²) in [6, 6.07) is 6.35. The Morgan fingerprint density at radius 1 is 1.41 bits per heavy atom. The van der Waals surface area contributed by atoms with Crippen LogP contribution in [0.1, 0.15) is 36.2 Å². The van der Waals surface area contributed by atoms with E-state index in [2.05, 4.69) is 0 Å². The molecule has 0 saturated heterocycles. The number of hydrogen-bond acceptors (Lipinski definition) is 2. The molecule has 2 aromatic rings. The zero-order chi connectivity index (χ0) is 11.8. The van der Waals surface area contributed by atoms with Crippen LogP contribution in [-0.4, -0.2) is 5.78 Å². The van der Waals surface area contributed by atoms with Gasteiger partial charge >= 0.3 is 0 Å². The van der Waals surface area contributed by atoms with Crippen molar-refractivity contribution in [3.8, 4) is 0 Å². The first kappa shape index (κ1) is 10.5. The molecule has 3 heteroatoms. The van der Waals surface area contributed by atoms with Gasteiger partial charge in [0.2, 0.25) is 0 Å². The highest BCUT2D eigenvalue weighted by Gasteiger charge is 2.23. The lowest BCUT2D eigenvalue weighted by atomic mass is 9.81. The van der Waals surface area contributed by atoms with Crippen LogP contribution in [0, 0.1) is 11.7 Å². The van der Waals surface area contributed by atoms with Gasteiger partial charge in [0.05, 0.1) is 0 Å². The van der Waals surface area contributed by atoms with E-state index in [9.17, 15) is 9.18 Å². The predicted molar refractivity (Wildman–Crippen MR) is 62.5 cm³/mol. The average Bonchev–Trinajstić information content (AvgIpc) is 2.68. The Kier molecular flexibility index (Phi) is 2.46. The minimum absolute atomic E-state index is 0.00898. The summed E-state index contributed by atoms with van der Waals surface area (Å²) in [5.74, 6) is 0.369. The standard InChI is InChI=1S/C14H13FO2/c15-11-6-2-5-10-8-13(17-14(10)11)12(16)7-9-3-1-4-9/h2,5-6,8-9H,1,3-4,7H2. The number of carbonyl (C=O) groups excluding carboxylic acids is 1. The van der Waals surface area contributed by atoms with E-state index in [1.54, 1.807) is 18.2 Å². The van der Waals surface area contributed by atoms with Crippen LogP contribution in [0.25, 0.3) is 11.0 Å². The van der Waals surface area contributed by atoms with Gasteiger partial charge in [0.1, 0.15) is 0 Å². The van der Waals surface area contributed by atoms with Gasteiger partial charge in [-0.25, -0.2) is 4.39 Å². The molecule has 0 aliphatic heterocycles. The highest BCUT2D eigenvalue weighted by molar-refractivity contribution is 5.97. The molecule has 17 heavy (non-hydrogen) atoms. The van der Waals surface area contributed by atoms with Gasteiger partial charge in [0.15, 0.2) is 22.9 Å².